The fourth-order valence-corrected chi connectivity index (χ4v) is 2.89. The van der Waals surface area contributed by atoms with E-state index in [0.29, 0.717) is 17.1 Å². The van der Waals surface area contributed by atoms with Crippen molar-refractivity contribution in [2.24, 2.45) is 0 Å². The average molecular weight is 277 g/mol. The molecule has 2 aliphatic heterocycles. The standard InChI is InChI=1S/C14H19N3O3/c15-10-5-13-11(16-14(19)8-20-13)6-12(10)17-4-2-1-3-9(17)7-18/h5-6,9,18H,1-4,7-8,15H2,(H,16,19). The molecule has 0 aromatic heterocycles. The first-order valence-corrected chi connectivity index (χ1v) is 6.92. The molecule has 0 bridgehead atoms. The molecule has 0 saturated carbocycles. The monoisotopic (exact) mass is 277 g/mol. The number of hydrogen-bond donors (Lipinski definition) is 3. The summed E-state index contributed by atoms with van der Waals surface area (Å²) in [5.41, 5.74) is 8.22. The van der Waals surface area contributed by atoms with Crippen molar-refractivity contribution in [3.05, 3.63) is 12.1 Å². The summed E-state index contributed by atoms with van der Waals surface area (Å²) in [4.78, 5) is 13.5. The molecule has 1 amide bonds. The zero-order valence-corrected chi connectivity index (χ0v) is 11.3. The number of amides is 1. The summed E-state index contributed by atoms with van der Waals surface area (Å²) in [6.45, 7) is 0.997. The topological polar surface area (TPSA) is 87.8 Å². The number of ether oxygens (including phenoxy) is 1. The maximum absolute atomic E-state index is 11.4. The van der Waals surface area contributed by atoms with Gasteiger partial charge in [-0.15, -0.1) is 0 Å². The van der Waals surface area contributed by atoms with Crippen molar-refractivity contribution in [1.29, 1.82) is 0 Å². The van der Waals surface area contributed by atoms with Crippen molar-refractivity contribution in [1.82, 2.24) is 0 Å². The maximum Gasteiger partial charge on any atom is 0.262 e. The molecular formula is C14H19N3O3. The number of nitrogens with zero attached hydrogens (tertiary/aromatic N) is 1. The van der Waals surface area contributed by atoms with Crippen molar-refractivity contribution in [2.75, 3.05) is 35.7 Å². The first-order chi connectivity index (χ1) is 9.69. The van der Waals surface area contributed by atoms with Crippen LogP contribution in [0.25, 0.3) is 0 Å². The van der Waals surface area contributed by atoms with Gasteiger partial charge in [-0.2, -0.15) is 0 Å². The summed E-state index contributed by atoms with van der Waals surface area (Å²) in [6, 6.07) is 3.67. The minimum Gasteiger partial charge on any atom is -0.482 e. The van der Waals surface area contributed by atoms with Crippen LogP contribution in [0.4, 0.5) is 17.1 Å². The highest BCUT2D eigenvalue weighted by Crippen LogP contribution is 2.38. The Morgan fingerprint density at radius 2 is 2.30 bits per heavy atom. The molecule has 0 radical (unpaired) electrons. The van der Waals surface area contributed by atoms with E-state index in [2.05, 4.69) is 10.2 Å². The lowest BCUT2D eigenvalue weighted by Gasteiger charge is -2.37. The van der Waals surface area contributed by atoms with E-state index < -0.39 is 0 Å². The van der Waals surface area contributed by atoms with E-state index >= 15 is 0 Å². The Morgan fingerprint density at radius 3 is 3.10 bits per heavy atom. The number of nitrogens with two attached hydrogens (primary N) is 1. The fraction of sp³-hybridized carbons (Fsp3) is 0.500. The number of nitrogens with one attached hydrogen (secondary N) is 1. The van der Waals surface area contributed by atoms with Gasteiger partial charge < -0.3 is 25.8 Å². The molecule has 6 heteroatoms. The second-order valence-corrected chi connectivity index (χ2v) is 5.27. The van der Waals surface area contributed by atoms with Crippen molar-refractivity contribution < 1.29 is 14.6 Å². The van der Waals surface area contributed by atoms with Crippen LogP contribution in [0.2, 0.25) is 0 Å². The van der Waals surface area contributed by atoms with Crippen LogP contribution in [-0.2, 0) is 4.79 Å². The van der Waals surface area contributed by atoms with Gasteiger partial charge in [0.1, 0.15) is 5.75 Å². The highest BCUT2D eigenvalue weighted by atomic mass is 16.5. The van der Waals surface area contributed by atoms with Crippen LogP contribution in [0.3, 0.4) is 0 Å². The second kappa shape index (κ2) is 5.20. The molecule has 1 fully saturated rings. The van der Waals surface area contributed by atoms with Gasteiger partial charge in [0, 0.05) is 12.6 Å². The number of carbonyl (C=O) groups is 1. The van der Waals surface area contributed by atoms with Crippen LogP contribution in [0.15, 0.2) is 12.1 Å². The number of anilines is 3. The number of hydrogen-bond acceptors (Lipinski definition) is 5. The lowest BCUT2D eigenvalue weighted by Crippen LogP contribution is -2.42. The lowest BCUT2D eigenvalue weighted by atomic mass is 10.0. The summed E-state index contributed by atoms with van der Waals surface area (Å²) in [7, 11) is 0. The molecule has 4 N–H and O–H groups in total. The van der Waals surface area contributed by atoms with Crippen LogP contribution >= 0.6 is 0 Å². The number of aliphatic hydroxyl groups excluding tert-OH is 1. The predicted octanol–water partition coefficient (Wildman–Crippen LogP) is 0.951. The molecule has 1 saturated heterocycles. The number of rotatable bonds is 2. The number of aliphatic hydroxyl groups is 1. The van der Waals surface area contributed by atoms with E-state index in [9.17, 15) is 9.90 Å². The molecule has 2 heterocycles. The van der Waals surface area contributed by atoms with Crippen LogP contribution < -0.4 is 20.7 Å². The molecule has 1 aromatic carbocycles. The van der Waals surface area contributed by atoms with Crippen molar-refractivity contribution in [3.8, 4) is 5.75 Å². The van der Waals surface area contributed by atoms with Gasteiger partial charge >= 0.3 is 0 Å². The number of nitrogen functional groups attached to an aromatic ring is 1. The summed E-state index contributed by atoms with van der Waals surface area (Å²) in [6.07, 6.45) is 3.15. The number of fused-ring (bicyclic) bond motifs is 1. The molecule has 0 spiro atoms. The molecule has 1 unspecified atom stereocenters. The summed E-state index contributed by atoms with van der Waals surface area (Å²) in [5, 5.41) is 12.3. The summed E-state index contributed by atoms with van der Waals surface area (Å²) in [5.74, 6) is 0.439. The molecule has 6 nitrogen and oxygen atoms in total. The van der Waals surface area contributed by atoms with Crippen LogP contribution in [0.1, 0.15) is 19.3 Å². The Bertz CT molecular complexity index is 533. The van der Waals surface area contributed by atoms with Gasteiger partial charge in [-0.25, -0.2) is 0 Å². The molecule has 108 valence electrons. The molecule has 20 heavy (non-hydrogen) atoms. The number of piperidine rings is 1. The van der Waals surface area contributed by atoms with Gasteiger partial charge in [-0.1, -0.05) is 0 Å². The largest absolute Gasteiger partial charge is 0.482 e. The third kappa shape index (κ3) is 2.27. The Morgan fingerprint density at radius 1 is 1.45 bits per heavy atom. The van der Waals surface area contributed by atoms with E-state index in [4.69, 9.17) is 10.5 Å². The van der Waals surface area contributed by atoms with Gasteiger partial charge in [0.15, 0.2) is 6.61 Å². The quantitative estimate of drug-likeness (QED) is 0.701. The van der Waals surface area contributed by atoms with E-state index in [0.717, 1.165) is 31.5 Å². The minimum absolute atomic E-state index is 0.0226. The van der Waals surface area contributed by atoms with Gasteiger partial charge in [0.05, 0.1) is 29.7 Å². The van der Waals surface area contributed by atoms with Crippen molar-refractivity contribution in [2.45, 2.75) is 25.3 Å². The lowest BCUT2D eigenvalue weighted by molar-refractivity contribution is -0.118. The maximum atomic E-state index is 11.4. The van der Waals surface area contributed by atoms with Gasteiger partial charge in [0.25, 0.3) is 5.91 Å². The Labute approximate surface area is 117 Å². The van der Waals surface area contributed by atoms with Crippen molar-refractivity contribution >= 4 is 23.0 Å². The van der Waals surface area contributed by atoms with E-state index in [1.54, 1.807) is 6.07 Å². The van der Waals surface area contributed by atoms with Crippen LogP contribution in [0, 0.1) is 0 Å². The molecular weight excluding hydrogens is 258 g/mol. The number of benzene rings is 1. The first-order valence-electron chi connectivity index (χ1n) is 6.92. The number of carbonyl (C=O) groups excluding carboxylic acids is 1. The third-order valence-corrected chi connectivity index (χ3v) is 3.91. The molecule has 2 aliphatic rings. The van der Waals surface area contributed by atoms with E-state index in [1.165, 1.54) is 0 Å². The van der Waals surface area contributed by atoms with E-state index in [-0.39, 0.29) is 25.2 Å². The van der Waals surface area contributed by atoms with Gasteiger partial charge in [0.2, 0.25) is 0 Å². The second-order valence-electron chi connectivity index (χ2n) is 5.27. The third-order valence-electron chi connectivity index (χ3n) is 3.91. The summed E-state index contributed by atoms with van der Waals surface area (Å²) >= 11 is 0. The highest BCUT2D eigenvalue weighted by molar-refractivity contribution is 5.97. The summed E-state index contributed by atoms with van der Waals surface area (Å²) < 4.78 is 5.35. The highest BCUT2D eigenvalue weighted by Gasteiger charge is 2.26. The molecule has 0 aliphatic carbocycles. The van der Waals surface area contributed by atoms with Crippen LogP contribution in [0.5, 0.6) is 5.75 Å². The Balaban J connectivity index is 1.96. The van der Waals surface area contributed by atoms with Crippen LogP contribution in [-0.4, -0.2) is 36.8 Å². The SMILES string of the molecule is Nc1cc2c(cc1N1CCCCC1CO)NC(=O)CO2. The minimum atomic E-state index is -0.162. The zero-order chi connectivity index (χ0) is 14.1. The zero-order valence-electron chi connectivity index (χ0n) is 11.3. The first kappa shape index (κ1) is 13.1. The normalized spacial score (nSPS) is 21.9. The van der Waals surface area contributed by atoms with Gasteiger partial charge in [-0.3, -0.25) is 4.79 Å². The molecule has 3 rings (SSSR count). The molecule has 1 aromatic rings. The average Bonchev–Trinajstić information content (AvgIpc) is 2.47. The Hall–Kier alpha value is -1.95. The van der Waals surface area contributed by atoms with E-state index in [1.807, 2.05) is 6.07 Å². The van der Waals surface area contributed by atoms with Gasteiger partial charge in [-0.05, 0) is 25.3 Å². The smallest absolute Gasteiger partial charge is 0.262 e. The fourth-order valence-electron chi connectivity index (χ4n) is 2.89. The molecule has 1 atom stereocenters. The predicted molar refractivity (Wildman–Crippen MR) is 77.0 cm³/mol. The van der Waals surface area contributed by atoms with Crippen molar-refractivity contribution in [3.63, 3.8) is 0 Å². The Kier molecular flexibility index (Phi) is 3.40.